The molecule has 2 heterocycles. The van der Waals surface area contributed by atoms with Crippen molar-refractivity contribution in [2.24, 2.45) is 0 Å². The molecule has 23 heavy (non-hydrogen) atoms. The maximum atomic E-state index is 11.1. The van der Waals surface area contributed by atoms with Crippen LogP contribution in [0.25, 0.3) is 0 Å². The predicted molar refractivity (Wildman–Crippen MR) is 97.9 cm³/mol. The fraction of sp³-hybridized carbons (Fsp3) is 0.700. The van der Waals surface area contributed by atoms with Gasteiger partial charge in [0.15, 0.2) is 0 Å². The van der Waals surface area contributed by atoms with Gasteiger partial charge in [-0.05, 0) is 41.7 Å². The van der Waals surface area contributed by atoms with Gasteiger partial charge < -0.3 is 9.84 Å². The van der Waals surface area contributed by atoms with E-state index in [-0.39, 0.29) is 15.6 Å². The minimum Gasteiger partial charge on any atom is -0.507 e. The van der Waals surface area contributed by atoms with E-state index < -0.39 is 0 Å². The largest absolute Gasteiger partial charge is 0.507 e. The zero-order valence-corrected chi connectivity index (χ0v) is 16.2. The highest BCUT2D eigenvalue weighted by atomic mass is 32.2. The Kier molecular flexibility index (Phi) is 4.04. The van der Waals surface area contributed by atoms with Gasteiger partial charge >= 0.3 is 0 Å². The van der Waals surface area contributed by atoms with Crippen LogP contribution in [0.5, 0.6) is 5.75 Å². The highest BCUT2D eigenvalue weighted by Crippen LogP contribution is 2.56. The van der Waals surface area contributed by atoms with Crippen molar-refractivity contribution in [3.8, 4) is 5.75 Å². The third-order valence-electron chi connectivity index (χ3n) is 5.15. The summed E-state index contributed by atoms with van der Waals surface area (Å²) in [5.41, 5.74) is 3.53. The summed E-state index contributed by atoms with van der Waals surface area (Å²) in [6, 6.07) is 2.26. The normalized spacial score (nSPS) is 20.8. The molecule has 2 aliphatic heterocycles. The standard InChI is InChI=1S/C20H30O2S/c1-18(2,3)14-11-15-13(16(17(14)21)19(4,5)6)12-20(23-15)7-9-22-10-8-20/h11,21H,7-10,12H2,1-6H3. The van der Waals surface area contributed by atoms with E-state index in [1.165, 1.54) is 10.5 Å². The summed E-state index contributed by atoms with van der Waals surface area (Å²) < 4.78 is 5.87. The van der Waals surface area contributed by atoms with Crippen LogP contribution in [0.4, 0.5) is 0 Å². The summed E-state index contributed by atoms with van der Waals surface area (Å²) in [5, 5.41) is 11.1. The van der Waals surface area contributed by atoms with Crippen LogP contribution in [-0.4, -0.2) is 23.1 Å². The molecule has 0 aliphatic carbocycles. The number of fused-ring (bicyclic) bond motifs is 1. The number of phenols is 1. The molecule has 1 fully saturated rings. The molecule has 0 atom stereocenters. The molecule has 0 amide bonds. The molecule has 128 valence electrons. The van der Waals surface area contributed by atoms with Crippen LogP contribution in [-0.2, 0) is 22.0 Å². The Morgan fingerprint density at radius 2 is 1.65 bits per heavy atom. The number of thioether (sulfide) groups is 1. The maximum Gasteiger partial charge on any atom is 0.123 e. The summed E-state index contributed by atoms with van der Waals surface area (Å²) in [6.07, 6.45) is 3.30. The van der Waals surface area contributed by atoms with Crippen molar-refractivity contribution in [2.45, 2.75) is 81.3 Å². The van der Waals surface area contributed by atoms with E-state index in [2.05, 4.69) is 47.6 Å². The quantitative estimate of drug-likeness (QED) is 0.708. The van der Waals surface area contributed by atoms with Gasteiger partial charge in [-0.3, -0.25) is 0 Å². The summed E-state index contributed by atoms with van der Waals surface area (Å²) >= 11 is 2.04. The molecular formula is C20H30O2S. The zero-order valence-electron chi connectivity index (χ0n) is 15.4. The molecule has 0 aromatic heterocycles. The molecule has 2 nitrogen and oxygen atoms in total. The number of rotatable bonds is 0. The Bertz CT molecular complexity index is 614. The van der Waals surface area contributed by atoms with Gasteiger partial charge in [0.05, 0.1) is 0 Å². The SMILES string of the molecule is CC(C)(C)c1cc2c(c(C(C)(C)C)c1O)CC1(CCOCC1)S2. The van der Waals surface area contributed by atoms with E-state index in [1.54, 1.807) is 0 Å². The fourth-order valence-corrected chi connectivity index (χ4v) is 5.48. The molecule has 1 N–H and O–H groups in total. The average molecular weight is 335 g/mol. The Morgan fingerprint density at radius 3 is 2.17 bits per heavy atom. The number of hydrogen-bond donors (Lipinski definition) is 1. The Hall–Kier alpha value is -0.670. The molecule has 1 spiro atoms. The molecule has 0 unspecified atom stereocenters. The molecule has 0 radical (unpaired) electrons. The fourth-order valence-electron chi connectivity index (χ4n) is 3.95. The van der Waals surface area contributed by atoms with Crippen molar-refractivity contribution in [1.82, 2.24) is 0 Å². The summed E-state index contributed by atoms with van der Waals surface area (Å²) in [5.74, 6) is 0.522. The van der Waals surface area contributed by atoms with Crippen molar-refractivity contribution >= 4 is 11.8 Å². The molecule has 0 bridgehead atoms. The first-order valence-electron chi connectivity index (χ1n) is 8.70. The molecule has 2 aliphatic rings. The second kappa shape index (κ2) is 5.42. The van der Waals surface area contributed by atoms with Gasteiger partial charge in [-0.15, -0.1) is 11.8 Å². The molecule has 1 aromatic rings. The molecule has 1 aromatic carbocycles. The van der Waals surface area contributed by atoms with Gasteiger partial charge in [-0.2, -0.15) is 0 Å². The number of benzene rings is 1. The van der Waals surface area contributed by atoms with Crippen molar-refractivity contribution in [3.63, 3.8) is 0 Å². The summed E-state index contributed by atoms with van der Waals surface area (Å²) in [4.78, 5) is 1.39. The van der Waals surface area contributed by atoms with Crippen LogP contribution in [0.15, 0.2) is 11.0 Å². The van der Waals surface area contributed by atoms with Crippen LogP contribution < -0.4 is 0 Å². The lowest BCUT2D eigenvalue weighted by molar-refractivity contribution is 0.0781. The van der Waals surface area contributed by atoms with Crippen molar-refractivity contribution < 1.29 is 9.84 Å². The van der Waals surface area contributed by atoms with Crippen molar-refractivity contribution in [2.75, 3.05) is 13.2 Å². The number of phenolic OH excluding ortho intramolecular Hbond substituents is 1. The minimum absolute atomic E-state index is 0.0489. The third kappa shape index (κ3) is 3.02. The number of ether oxygens (including phenoxy) is 1. The zero-order chi connectivity index (χ0) is 17.0. The smallest absolute Gasteiger partial charge is 0.123 e. The van der Waals surface area contributed by atoms with Gasteiger partial charge in [0.2, 0.25) is 0 Å². The van der Waals surface area contributed by atoms with Gasteiger partial charge in [-0.25, -0.2) is 0 Å². The van der Waals surface area contributed by atoms with Gasteiger partial charge in [0.1, 0.15) is 5.75 Å². The van der Waals surface area contributed by atoms with Crippen LogP contribution >= 0.6 is 11.8 Å². The monoisotopic (exact) mass is 334 g/mol. The number of aromatic hydroxyl groups is 1. The maximum absolute atomic E-state index is 11.1. The molecule has 3 heteroatoms. The van der Waals surface area contributed by atoms with Crippen molar-refractivity contribution in [1.29, 1.82) is 0 Å². The Morgan fingerprint density at radius 1 is 1.04 bits per heavy atom. The first-order valence-corrected chi connectivity index (χ1v) is 9.52. The lowest BCUT2D eigenvalue weighted by atomic mass is 9.75. The van der Waals surface area contributed by atoms with E-state index in [0.717, 1.165) is 43.6 Å². The summed E-state index contributed by atoms with van der Waals surface area (Å²) in [6.45, 7) is 14.9. The topological polar surface area (TPSA) is 29.5 Å². The predicted octanol–water partition coefficient (Wildman–Crippen LogP) is 5.18. The van der Waals surface area contributed by atoms with E-state index in [9.17, 15) is 5.11 Å². The average Bonchev–Trinajstić information content (AvgIpc) is 2.73. The first-order chi connectivity index (χ1) is 10.5. The molecule has 0 saturated carbocycles. The second-order valence-electron chi connectivity index (χ2n) is 9.20. The van der Waals surface area contributed by atoms with Crippen LogP contribution in [0.3, 0.4) is 0 Å². The lowest BCUT2D eigenvalue weighted by Gasteiger charge is -2.32. The van der Waals surface area contributed by atoms with E-state index >= 15 is 0 Å². The lowest BCUT2D eigenvalue weighted by Crippen LogP contribution is -2.32. The van der Waals surface area contributed by atoms with Crippen LogP contribution in [0, 0.1) is 0 Å². The molecule has 3 rings (SSSR count). The highest BCUT2D eigenvalue weighted by molar-refractivity contribution is 8.01. The van der Waals surface area contributed by atoms with Gasteiger partial charge in [0.25, 0.3) is 0 Å². The van der Waals surface area contributed by atoms with Gasteiger partial charge in [0, 0.05) is 34.0 Å². The third-order valence-corrected chi connectivity index (χ3v) is 6.72. The Labute approximate surface area is 145 Å². The van der Waals surface area contributed by atoms with Crippen molar-refractivity contribution in [3.05, 3.63) is 22.8 Å². The minimum atomic E-state index is -0.0505. The molecule has 1 saturated heterocycles. The van der Waals surface area contributed by atoms with Crippen LogP contribution in [0.1, 0.15) is 71.1 Å². The molecular weight excluding hydrogens is 304 g/mol. The van der Waals surface area contributed by atoms with E-state index in [1.807, 2.05) is 11.8 Å². The first kappa shape index (κ1) is 17.2. The van der Waals surface area contributed by atoms with Crippen LogP contribution in [0.2, 0.25) is 0 Å². The highest BCUT2D eigenvalue weighted by Gasteiger charge is 2.43. The summed E-state index contributed by atoms with van der Waals surface area (Å²) in [7, 11) is 0. The Balaban J connectivity index is 2.16. The second-order valence-corrected chi connectivity index (χ2v) is 10.7. The van der Waals surface area contributed by atoms with E-state index in [4.69, 9.17) is 4.74 Å². The van der Waals surface area contributed by atoms with E-state index in [0.29, 0.717) is 5.75 Å². The van der Waals surface area contributed by atoms with Gasteiger partial charge in [-0.1, -0.05) is 41.5 Å². The number of hydrogen-bond acceptors (Lipinski definition) is 3.